The van der Waals surface area contributed by atoms with Crippen LogP contribution in [0.1, 0.15) is 23.2 Å². The van der Waals surface area contributed by atoms with Crippen LogP contribution in [0.25, 0.3) is 0 Å². The lowest BCUT2D eigenvalue weighted by Crippen LogP contribution is -2.39. The molecule has 0 radical (unpaired) electrons. The molecule has 5 heteroatoms. The lowest BCUT2D eigenvalue weighted by atomic mass is 10.1. The number of para-hydroxylation sites is 1. The zero-order chi connectivity index (χ0) is 14.0. The first kappa shape index (κ1) is 13.7. The van der Waals surface area contributed by atoms with E-state index < -0.39 is 0 Å². The Morgan fingerprint density at radius 1 is 1.47 bits per heavy atom. The zero-order valence-electron chi connectivity index (χ0n) is 11.3. The summed E-state index contributed by atoms with van der Waals surface area (Å²) in [4.78, 5) is 16.1. The van der Waals surface area contributed by atoms with E-state index in [-0.39, 0.29) is 23.0 Å². The number of hydrogen-bond acceptors (Lipinski definition) is 4. The summed E-state index contributed by atoms with van der Waals surface area (Å²) >= 11 is 0. The van der Waals surface area contributed by atoms with Crippen molar-refractivity contribution in [2.24, 2.45) is 0 Å². The molecule has 0 aromatic heterocycles. The number of phenolic OH excluding ortho intramolecular Hbond substituents is 2. The Morgan fingerprint density at radius 2 is 2.21 bits per heavy atom. The highest BCUT2D eigenvalue weighted by molar-refractivity contribution is 5.97. The molecule has 104 valence electrons. The standard InChI is InChI=1S/C14H20N2O3/c1-15-8-4-5-10(15)9-16(2)14(19)11-6-3-7-12(17)13(11)18/h3,6-7,10,17-18H,4-5,8-9H2,1-2H3. The van der Waals surface area contributed by atoms with E-state index in [1.54, 1.807) is 18.0 Å². The predicted molar refractivity (Wildman–Crippen MR) is 72.4 cm³/mol. The summed E-state index contributed by atoms with van der Waals surface area (Å²) in [5.74, 6) is -0.884. The molecule has 1 fully saturated rings. The van der Waals surface area contributed by atoms with E-state index >= 15 is 0 Å². The van der Waals surface area contributed by atoms with Gasteiger partial charge in [0.15, 0.2) is 11.5 Å². The van der Waals surface area contributed by atoms with Gasteiger partial charge in [-0.2, -0.15) is 0 Å². The normalized spacial score (nSPS) is 19.6. The van der Waals surface area contributed by atoms with Gasteiger partial charge in [0.2, 0.25) is 0 Å². The number of amides is 1. The second-order valence-electron chi connectivity index (χ2n) is 5.14. The van der Waals surface area contributed by atoms with E-state index in [9.17, 15) is 15.0 Å². The molecule has 19 heavy (non-hydrogen) atoms. The van der Waals surface area contributed by atoms with Crippen molar-refractivity contribution in [3.63, 3.8) is 0 Å². The fourth-order valence-electron chi connectivity index (χ4n) is 2.52. The van der Waals surface area contributed by atoms with Crippen molar-refractivity contribution in [2.45, 2.75) is 18.9 Å². The number of aromatic hydroxyl groups is 2. The maximum atomic E-state index is 12.2. The van der Waals surface area contributed by atoms with Crippen molar-refractivity contribution in [2.75, 3.05) is 27.2 Å². The van der Waals surface area contributed by atoms with Crippen LogP contribution in [0.5, 0.6) is 11.5 Å². The third-order valence-corrected chi connectivity index (χ3v) is 3.75. The van der Waals surface area contributed by atoms with Crippen molar-refractivity contribution < 1.29 is 15.0 Å². The van der Waals surface area contributed by atoms with Gasteiger partial charge in [0, 0.05) is 19.6 Å². The smallest absolute Gasteiger partial charge is 0.257 e. The minimum Gasteiger partial charge on any atom is -0.504 e. The maximum Gasteiger partial charge on any atom is 0.257 e. The number of hydrogen-bond donors (Lipinski definition) is 2. The van der Waals surface area contributed by atoms with Crippen LogP contribution in [0.2, 0.25) is 0 Å². The van der Waals surface area contributed by atoms with Gasteiger partial charge in [-0.3, -0.25) is 4.79 Å². The van der Waals surface area contributed by atoms with Gasteiger partial charge in [0.05, 0.1) is 5.56 Å². The van der Waals surface area contributed by atoms with Crippen LogP contribution in [0.4, 0.5) is 0 Å². The minimum atomic E-state index is -0.348. The number of carbonyl (C=O) groups excluding carboxylic acids is 1. The van der Waals surface area contributed by atoms with E-state index in [1.807, 2.05) is 0 Å². The third kappa shape index (κ3) is 2.81. The van der Waals surface area contributed by atoms with Gasteiger partial charge in [0.1, 0.15) is 0 Å². The average molecular weight is 264 g/mol. The molecule has 2 N–H and O–H groups in total. The Bertz CT molecular complexity index is 476. The first-order valence-corrected chi connectivity index (χ1v) is 6.47. The van der Waals surface area contributed by atoms with Crippen LogP contribution >= 0.6 is 0 Å². The van der Waals surface area contributed by atoms with E-state index in [1.165, 1.54) is 12.1 Å². The summed E-state index contributed by atoms with van der Waals surface area (Å²) in [6.07, 6.45) is 2.24. The molecular weight excluding hydrogens is 244 g/mol. The number of carbonyl (C=O) groups is 1. The second kappa shape index (κ2) is 5.48. The van der Waals surface area contributed by atoms with E-state index in [0.29, 0.717) is 12.6 Å². The van der Waals surface area contributed by atoms with Crippen LogP contribution in [-0.2, 0) is 0 Å². The fourth-order valence-corrected chi connectivity index (χ4v) is 2.52. The Balaban J connectivity index is 2.08. The monoisotopic (exact) mass is 264 g/mol. The van der Waals surface area contributed by atoms with Crippen molar-refractivity contribution in [1.82, 2.24) is 9.80 Å². The lowest BCUT2D eigenvalue weighted by Gasteiger charge is -2.26. The summed E-state index contributed by atoms with van der Waals surface area (Å²) in [5.41, 5.74) is 0.142. The highest BCUT2D eigenvalue weighted by atomic mass is 16.3. The Labute approximate surface area is 113 Å². The van der Waals surface area contributed by atoms with E-state index in [2.05, 4.69) is 11.9 Å². The summed E-state index contributed by atoms with van der Waals surface area (Å²) in [6.45, 7) is 1.69. The molecule has 1 heterocycles. The van der Waals surface area contributed by atoms with Gasteiger partial charge in [-0.25, -0.2) is 0 Å². The molecule has 1 atom stereocenters. The van der Waals surface area contributed by atoms with Crippen LogP contribution < -0.4 is 0 Å². The molecule has 1 aliphatic rings. The summed E-state index contributed by atoms with van der Waals surface area (Å²) in [5, 5.41) is 19.1. The molecule has 0 saturated carbocycles. The summed E-state index contributed by atoms with van der Waals surface area (Å²) < 4.78 is 0. The molecule has 0 aliphatic carbocycles. The van der Waals surface area contributed by atoms with Crippen molar-refractivity contribution >= 4 is 5.91 Å². The lowest BCUT2D eigenvalue weighted by molar-refractivity contribution is 0.0758. The molecule has 0 spiro atoms. The number of benzene rings is 1. The molecule has 1 aromatic carbocycles. The van der Waals surface area contributed by atoms with Crippen LogP contribution in [-0.4, -0.2) is 59.1 Å². The number of likely N-dealkylation sites (N-methyl/N-ethyl adjacent to an activating group) is 2. The number of rotatable bonds is 3. The average Bonchev–Trinajstić information content (AvgIpc) is 2.77. The van der Waals surface area contributed by atoms with Gasteiger partial charge >= 0.3 is 0 Å². The number of phenols is 2. The molecule has 1 aliphatic heterocycles. The minimum absolute atomic E-state index is 0.142. The van der Waals surface area contributed by atoms with Gasteiger partial charge in [-0.05, 0) is 38.6 Å². The predicted octanol–water partition coefficient (Wildman–Crippen LogP) is 1.26. The third-order valence-electron chi connectivity index (χ3n) is 3.75. The first-order chi connectivity index (χ1) is 9.00. The van der Waals surface area contributed by atoms with Gasteiger partial charge < -0.3 is 20.0 Å². The topological polar surface area (TPSA) is 64.0 Å². The van der Waals surface area contributed by atoms with Gasteiger partial charge in [0.25, 0.3) is 5.91 Å². The second-order valence-corrected chi connectivity index (χ2v) is 5.14. The highest BCUT2D eigenvalue weighted by Gasteiger charge is 2.25. The molecule has 1 aromatic rings. The first-order valence-electron chi connectivity index (χ1n) is 6.47. The highest BCUT2D eigenvalue weighted by Crippen LogP contribution is 2.29. The molecule has 1 unspecified atom stereocenters. The maximum absolute atomic E-state index is 12.2. The van der Waals surface area contributed by atoms with Crippen molar-refractivity contribution in [1.29, 1.82) is 0 Å². The van der Waals surface area contributed by atoms with Gasteiger partial charge in [-0.15, -0.1) is 0 Å². The largest absolute Gasteiger partial charge is 0.504 e. The molecule has 2 rings (SSSR count). The van der Waals surface area contributed by atoms with Crippen LogP contribution in [0.15, 0.2) is 18.2 Å². The Hall–Kier alpha value is -1.75. The Morgan fingerprint density at radius 3 is 2.84 bits per heavy atom. The number of nitrogens with zero attached hydrogens (tertiary/aromatic N) is 2. The molecule has 1 amide bonds. The fraction of sp³-hybridized carbons (Fsp3) is 0.500. The van der Waals surface area contributed by atoms with Crippen molar-refractivity contribution in [3.8, 4) is 11.5 Å². The van der Waals surface area contributed by atoms with E-state index in [4.69, 9.17) is 0 Å². The molecule has 0 bridgehead atoms. The Kier molecular flexibility index (Phi) is 3.95. The molecule has 1 saturated heterocycles. The SMILES string of the molecule is CN(CC1CCCN1C)C(=O)c1cccc(O)c1O. The van der Waals surface area contributed by atoms with Crippen molar-refractivity contribution in [3.05, 3.63) is 23.8 Å². The number of likely N-dealkylation sites (tertiary alicyclic amines) is 1. The van der Waals surface area contributed by atoms with Crippen LogP contribution in [0.3, 0.4) is 0 Å². The molecular formula is C14H20N2O3. The zero-order valence-corrected chi connectivity index (χ0v) is 11.3. The summed E-state index contributed by atoms with van der Waals surface area (Å²) in [7, 11) is 3.78. The van der Waals surface area contributed by atoms with Crippen LogP contribution in [0, 0.1) is 0 Å². The summed E-state index contributed by atoms with van der Waals surface area (Å²) in [6, 6.07) is 4.80. The molecule has 5 nitrogen and oxygen atoms in total. The quantitative estimate of drug-likeness (QED) is 0.807. The van der Waals surface area contributed by atoms with E-state index in [0.717, 1.165) is 19.4 Å². The van der Waals surface area contributed by atoms with Gasteiger partial charge in [-0.1, -0.05) is 6.07 Å².